The van der Waals surface area contributed by atoms with Crippen molar-refractivity contribution in [3.05, 3.63) is 23.8 Å². The third-order valence-electron chi connectivity index (χ3n) is 3.80. The average Bonchev–Trinajstić information content (AvgIpc) is 2.47. The number of nitrogens with zero attached hydrogens (tertiary/aromatic N) is 1. The molecule has 0 saturated carbocycles. The van der Waals surface area contributed by atoms with Crippen LogP contribution in [0.4, 0.5) is 5.69 Å². The number of benzene rings is 1. The molecule has 20 heavy (non-hydrogen) atoms. The van der Waals surface area contributed by atoms with E-state index in [1.807, 2.05) is 24.5 Å². The molecule has 0 amide bonds. The lowest BCUT2D eigenvalue weighted by molar-refractivity contribution is 0.0693. The Hall–Kier alpha value is -1.20. The van der Waals surface area contributed by atoms with Gasteiger partial charge in [-0.3, -0.25) is 0 Å². The molecule has 1 N–H and O–H groups in total. The summed E-state index contributed by atoms with van der Waals surface area (Å²) >= 11 is 1.48. The number of anilines is 1. The monoisotopic (exact) mass is 295 g/mol. The first-order valence-corrected chi connectivity index (χ1v) is 8.04. The van der Waals surface area contributed by atoms with E-state index in [0.29, 0.717) is 11.5 Å². The summed E-state index contributed by atoms with van der Waals surface area (Å²) in [5.74, 6) is -0.253. The molecule has 0 unspecified atom stereocenters. The van der Waals surface area contributed by atoms with Gasteiger partial charge in [0.2, 0.25) is 0 Å². The molecule has 4 nitrogen and oxygen atoms in total. The van der Waals surface area contributed by atoms with Crippen LogP contribution in [0.2, 0.25) is 0 Å². The van der Waals surface area contributed by atoms with E-state index >= 15 is 0 Å². The molecule has 0 atom stereocenters. The minimum Gasteiger partial charge on any atom is -0.478 e. The Balaban J connectivity index is 2.19. The average molecular weight is 295 g/mol. The van der Waals surface area contributed by atoms with Gasteiger partial charge in [-0.1, -0.05) is 6.07 Å². The molecule has 1 heterocycles. The van der Waals surface area contributed by atoms with Crippen LogP contribution in [0.5, 0.6) is 0 Å². The van der Waals surface area contributed by atoms with Gasteiger partial charge in [0.1, 0.15) is 0 Å². The number of aromatic carboxylic acids is 1. The highest BCUT2D eigenvalue weighted by Gasteiger charge is 2.24. The van der Waals surface area contributed by atoms with Gasteiger partial charge in [0.25, 0.3) is 0 Å². The highest BCUT2D eigenvalue weighted by atomic mass is 32.2. The maximum atomic E-state index is 11.6. The highest BCUT2D eigenvalue weighted by molar-refractivity contribution is 7.98. The largest absolute Gasteiger partial charge is 0.478 e. The Morgan fingerprint density at radius 2 is 2.15 bits per heavy atom. The normalized spacial score (nSPS) is 16.4. The molecule has 1 saturated heterocycles. The number of thioether (sulfide) groups is 1. The first kappa shape index (κ1) is 15.2. The first-order chi connectivity index (χ1) is 9.67. The summed E-state index contributed by atoms with van der Waals surface area (Å²) in [6.07, 6.45) is 4.02. The van der Waals surface area contributed by atoms with Gasteiger partial charge in [-0.25, -0.2) is 4.79 Å². The minimum absolute atomic E-state index is 0.435. The van der Waals surface area contributed by atoms with Crippen LogP contribution in [0, 0.1) is 5.92 Å². The number of piperidine rings is 1. The standard InChI is InChI=1S/C15H21NO3S/c1-19-10-11-6-8-16(9-7-11)12-4-3-5-13(20-2)14(12)15(17)18/h3-5,11H,6-10H2,1-2H3,(H,17,18). The zero-order chi connectivity index (χ0) is 14.5. The summed E-state index contributed by atoms with van der Waals surface area (Å²) < 4.78 is 5.20. The summed E-state index contributed by atoms with van der Waals surface area (Å²) in [5, 5.41) is 9.48. The smallest absolute Gasteiger partial charge is 0.338 e. The molecule has 110 valence electrons. The summed E-state index contributed by atoms with van der Waals surface area (Å²) in [4.78, 5) is 14.6. The molecule has 1 aliphatic heterocycles. The van der Waals surface area contributed by atoms with Gasteiger partial charge in [0, 0.05) is 31.7 Å². The lowest BCUT2D eigenvalue weighted by atomic mass is 9.96. The fraction of sp³-hybridized carbons (Fsp3) is 0.533. The van der Waals surface area contributed by atoms with E-state index in [-0.39, 0.29) is 0 Å². The molecule has 0 bridgehead atoms. The van der Waals surface area contributed by atoms with Gasteiger partial charge in [-0.05, 0) is 37.1 Å². The second-order valence-corrected chi connectivity index (χ2v) is 5.89. The maximum Gasteiger partial charge on any atom is 0.338 e. The molecule has 1 aromatic carbocycles. The van der Waals surface area contributed by atoms with Crippen LogP contribution in [-0.4, -0.2) is 44.1 Å². The highest BCUT2D eigenvalue weighted by Crippen LogP contribution is 2.32. The quantitative estimate of drug-likeness (QED) is 0.846. The van der Waals surface area contributed by atoms with Crippen LogP contribution in [-0.2, 0) is 4.74 Å². The Kier molecular flexibility index (Phi) is 5.31. The number of carboxylic acid groups (broad SMARTS) is 1. The van der Waals surface area contributed by atoms with E-state index in [2.05, 4.69) is 4.90 Å². The number of carboxylic acids is 1. The topological polar surface area (TPSA) is 49.8 Å². The van der Waals surface area contributed by atoms with Gasteiger partial charge in [-0.2, -0.15) is 0 Å². The lowest BCUT2D eigenvalue weighted by Crippen LogP contribution is -2.36. The third-order valence-corrected chi connectivity index (χ3v) is 4.58. The van der Waals surface area contributed by atoms with Crippen molar-refractivity contribution >= 4 is 23.4 Å². The molecular formula is C15H21NO3S. The Morgan fingerprint density at radius 1 is 1.45 bits per heavy atom. The molecule has 1 fully saturated rings. The molecule has 0 radical (unpaired) electrons. The number of ether oxygens (including phenoxy) is 1. The summed E-state index contributed by atoms with van der Waals surface area (Å²) in [7, 11) is 1.73. The fourth-order valence-electron chi connectivity index (χ4n) is 2.74. The van der Waals surface area contributed by atoms with Crippen molar-refractivity contribution in [2.24, 2.45) is 5.92 Å². The van der Waals surface area contributed by atoms with E-state index in [1.54, 1.807) is 7.11 Å². The molecule has 0 aromatic heterocycles. The van der Waals surface area contributed by atoms with Crippen molar-refractivity contribution in [2.45, 2.75) is 17.7 Å². The Bertz CT molecular complexity index is 470. The van der Waals surface area contributed by atoms with E-state index in [9.17, 15) is 9.90 Å². The number of hydrogen-bond donors (Lipinski definition) is 1. The Labute approximate surface area is 124 Å². The van der Waals surface area contributed by atoms with Gasteiger partial charge in [0.05, 0.1) is 11.3 Å². The van der Waals surface area contributed by atoms with Gasteiger partial charge in [0.15, 0.2) is 0 Å². The van der Waals surface area contributed by atoms with Crippen LogP contribution in [0.15, 0.2) is 23.1 Å². The molecule has 1 aliphatic rings. The van der Waals surface area contributed by atoms with Crippen molar-refractivity contribution in [3.63, 3.8) is 0 Å². The summed E-state index contributed by atoms with van der Waals surface area (Å²) in [6, 6.07) is 5.73. The predicted molar refractivity (Wildman–Crippen MR) is 82.0 cm³/mol. The number of hydrogen-bond acceptors (Lipinski definition) is 4. The number of carbonyl (C=O) groups is 1. The number of methoxy groups -OCH3 is 1. The first-order valence-electron chi connectivity index (χ1n) is 6.81. The van der Waals surface area contributed by atoms with Crippen molar-refractivity contribution in [1.82, 2.24) is 0 Å². The zero-order valence-corrected chi connectivity index (χ0v) is 12.8. The predicted octanol–water partition coefficient (Wildman–Crippen LogP) is 2.97. The van der Waals surface area contributed by atoms with Gasteiger partial charge < -0.3 is 14.7 Å². The molecule has 1 aromatic rings. The van der Waals surface area contributed by atoms with Crippen molar-refractivity contribution in [3.8, 4) is 0 Å². The van der Waals surface area contributed by atoms with E-state index in [0.717, 1.165) is 43.1 Å². The second kappa shape index (κ2) is 6.99. The summed E-state index contributed by atoms with van der Waals surface area (Å²) in [6.45, 7) is 2.59. The van der Waals surface area contributed by atoms with Gasteiger partial charge >= 0.3 is 5.97 Å². The molecule has 5 heteroatoms. The third kappa shape index (κ3) is 3.27. The molecule has 0 spiro atoms. The van der Waals surface area contributed by atoms with Crippen molar-refractivity contribution < 1.29 is 14.6 Å². The fourth-order valence-corrected chi connectivity index (χ4v) is 3.36. The van der Waals surface area contributed by atoms with E-state index in [1.165, 1.54) is 11.8 Å². The van der Waals surface area contributed by atoms with Crippen LogP contribution in [0.25, 0.3) is 0 Å². The maximum absolute atomic E-state index is 11.6. The summed E-state index contributed by atoms with van der Waals surface area (Å²) in [5.41, 5.74) is 1.28. The lowest BCUT2D eigenvalue weighted by Gasteiger charge is -2.34. The van der Waals surface area contributed by atoms with Crippen LogP contribution in [0.3, 0.4) is 0 Å². The zero-order valence-electron chi connectivity index (χ0n) is 12.0. The van der Waals surface area contributed by atoms with Gasteiger partial charge in [-0.15, -0.1) is 11.8 Å². The molecule has 2 rings (SSSR count). The van der Waals surface area contributed by atoms with E-state index in [4.69, 9.17) is 4.74 Å². The van der Waals surface area contributed by atoms with Crippen LogP contribution < -0.4 is 4.90 Å². The SMILES string of the molecule is COCC1CCN(c2cccc(SC)c2C(=O)O)CC1. The van der Waals surface area contributed by atoms with Crippen molar-refractivity contribution in [2.75, 3.05) is 38.0 Å². The van der Waals surface area contributed by atoms with Crippen molar-refractivity contribution in [1.29, 1.82) is 0 Å². The van der Waals surface area contributed by atoms with E-state index < -0.39 is 5.97 Å². The molecular weight excluding hydrogens is 274 g/mol. The second-order valence-electron chi connectivity index (χ2n) is 5.05. The van der Waals surface area contributed by atoms with Crippen LogP contribution in [0.1, 0.15) is 23.2 Å². The number of rotatable bonds is 5. The van der Waals surface area contributed by atoms with Crippen LogP contribution >= 0.6 is 11.8 Å². The Morgan fingerprint density at radius 3 is 2.70 bits per heavy atom. The molecule has 0 aliphatic carbocycles. The minimum atomic E-state index is -0.844.